The third-order valence-electron chi connectivity index (χ3n) is 2.47. The highest BCUT2D eigenvalue weighted by atomic mass is 16.5. The molecule has 80 valence electrons. The van der Waals surface area contributed by atoms with Crippen LogP contribution >= 0.6 is 0 Å². The van der Waals surface area contributed by atoms with Crippen LogP contribution in [-0.2, 0) is 11.3 Å². The van der Waals surface area contributed by atoms with Crippen LogP contribution in [0.5, 0.6) is 0 Å². The molecule has 2 rings (SSSR count). The van der Waals surface area contributed by atoms with E-state index in [-0.39, 0.29) is 0 Å². The maximum absolute atomic E-state index is 5.74. The van der Waals surface area contributed by atoms with Gasteiger partial charge in [-0.3, -0.25) is 4.68 Å². The standard InChI is InChI=1S/C11H15N3O/c1-8-10-7-9(12)3-4-11(10)14(13-8)5-6-15-2/h3-4,7H,5-6,12H2,1-2H3. The molecule has 4 heteroatoms. The highest BCUT2D eigenvalue weighted by Gasteiger charge is 2.06. The average Bonchev–Trinajstić information content (AvgIpc) is 2.53. The summed E-state index contributed by atoms with van der Waals surface area (Å²) in [5, 5.41) is 5.57. The molecule has 15 heavy (non-hydrogen) atoms. The number of anilines is 1. The second-order valence-corrected chi connectivity index (χ2v) is 3.58. The first-order valence-electron chi connectivity index (χ1n) is 4.94. The molecule has 0 saturated carbocycles. The van der Waals surface area contributed by atoms with Crippen LogP contribution < -0.4 is 5.73 Å². The summed E-state index contributed by atoms with van der Waals surface area (Å²) in [6.07, 6.45) is 0. The molecule has 2 aromatic rings. The number of hydrogen-bond acceptors (Lipinski definition) is 3. The monoisotopic (exact) mass is 205 g/mol. The highest BCUT2D eigenvalue weighted by molar-refractivity contribution is 5.84. The molecule has 0 spiro atoms. The summed E-state index contributed by atoms with van der Waals surface area (Å²) in [5.41, 5.74) is 8.63. The molecule has 0 bridgehead atoms. The van der Waals surface area contributed by atoms with Gasteiger partial charge in [-0.15, -0.1) is 0 Å². The van der Waals surface area contributed by atoms with Crippen molar-refractivity contribution < 1.29 is 4.74 Å². The molecular weight excluding hydrogens is 190 g/mol. The van der Waals surface area contributed by atoms with Gasteiger partial charge in [0.25, 0.3) is 0 Å². The number of fused-ring (bicyclic) bond motifs is 1. The minimum atomic E-state index is 0.667. The molecule has 1 aromatic heterocycles. The lowest BCUT2D eigenvalue weighted by atomic mass is 10.2. The lowest BCUT2D eigenvalue weighted by Crippen LogP contribution is -2.05. The number of aryl methyl sites for hydroxylation is 1. The van der Waals surface area contributed by atoms with Gasteiger partial charge in [0.1, 0.15) is 0 Å². The Kier molecular flexibility index (Phi) is 2.60. The number of hydrogen-bond donors (Lipinski definition) is 1. The number of nitrogens with two attached hydrogens (primary N) is 1. The van der Waals surface area contributed by atoms with E-state index >= 15 is 0 Å². The van der Waals surface area contributed by atoms with Crippen LogP contribution in [0.25, 0.3) is 10.9 Å². The Morgan fingerprint density at radius 3 is 3.00 bits per heavy atom. The van der Waals surface area contributed by atoms with E-state index in [2.05, 4.69) is 5.10 Å². The van der Waals surface area contributed by atoms with E-state index in [9.17, 15) is 0 Å². The van der Waals surface area contributed by atoms with Gasteiger partial charge in [-0.05, 0) is 25.1 Å². The number of aromatic nitrogens is 2. The zero-order valence-corrected chi connectivity index (χ0v) is 9.03. The van der Waals surface area contributed by atoms with Gasteiger partial charge in [0.05, 0.1) is 24.4 Å². The second-order valence-electron chi connectivity index (χ2n) is 3.58. The van der Waals surface area contributed by atoms with Crippen LogP contribution in [0.4, 0.5) is 5.69 Å². The van der Waals surface area contributed by atoms with E-state index < -0.39 is 0 Å². The van der Waals surface area contributed by atoms with E-state index in [0.29, 0.717) is 6.61 Å². The molecular formula is C11H15N3O. The number of methoxy groups -OCH3 is 1. The van der Waals surface area contributed by atoms with Gasteiger partial charge in [-0.2, -0.15) is 5.10 Å². The fraction of sp³-hybridized carbons (Fsp3) is 0.364. The maximum Gasteiger partial charge on any atom is 0.0687 e. The molecule has 4 nitrogen and oxygen atoms in total. The second kappa shape index (κ2) is 3.90. The fourth-order valence-electron chi connectivity index (χ4n) is 1.71. The Balaban J connectivity index is 2.48. The van der Waals surface area contributed by atoms with E-state index in [1.165, 1.54) is 0 Å². The van der Waals surface area contributed by atoms with Crippen molar-refractivity contribution in [2.45, 2.75) is 13.5 Å². The number of nitrogen functional groups attached to an aromatic ring is 1. The lowest BCUT2D eigenvalue weighted by Gasteiger charge is -2.02. The van der Waals surface area contributed by atoms with Crippen LogP contribution in [0.2, 0.25) is 0 Å². The van der Waals surface area contributed by atoms with Crippen LogP contribution in [0.3, 0.4) is 0 Å². The fourth-order valence-corrected chi connectivity index (χ4v) is 1.71. The minimum absolute atomic E-state index is 0.667. The first-order valence-corrected chi connectivity index (χ1v) is 4.94. The Hall–Kier alpha value is -1.55. The Morgan fingerprint density at radius 2 is 2.27 bits per heavy atom. The quantitative estimate of drug-likeness (QED) is 0.774. The van der Waals surface area contributed by atoms with Gasteiger partial charge in [0, 0.05) is 18.2 Å². The molecule has 1 heterocycles. The molecule has 0 atom stereocenters. The van der Waals surface area contributed by atoms with Crippen molar-refractivity contribution in [1.82, 2.24) is 9.78 Å². The van der Waals surface area contributed by atoms with Crippen molar-refractivity contribution in [3.63, 3.8) is 0 Å². The molecule has 0 unspecified atom stereocenters. The summed E-state index contributed by atoms with van der Waals surface area (Å²) < 4.78 is 6.99. The van der Waals surface area contributed by atoms with Crippen LogP contribution in [0.1, 0.15) is 5.69 Å². The van der Waals surface area contributed by atoms with Gasteiger partial charge in [-0.1, -0.05) is 0 Å². The van der Waals surface area contributed by atoms with Gasteiger partial charge in [0.15, 0.2) is 0 Å². The van der Waals surface area contributed by atoms with Crippen molar-refractivity contribution in [2.75, 3.05) is 19.5 Å². The summed E-state index contributed by atoms with van der Waals surface area (Å²) in [6, 6.07) is 5.86. The van der Waals surface area contributed by atoms with Gasteiger partial charge in [-0.25, -0.2) is 0 Å². The molecule has 2 N–H and O–H groups in total. The van der Waals surface area contributed by atoms with E-state index in [4.69, 9.17) is 10.5 Å². The number of benzene rings is 1. The molecule has 0 radical (unpaired) electrons. The van der Waals surface area contributed by atoms with E-state index in [1.54, 1.807) is 7.11 Å². The predicted octanol–water partition coefficient (Wildman–Crippen LogP) is 1.57. The Morgan fingerprint density at radius 1 is 1.47 bits per heavy atom. The Labute approximate surface area is 88.6 Å². The third kappa shape index (κ3) is 1.80. The molecule has 0 fully saturated rings. The molecule has 0 aliphatic heterocycles. The zero-order valence-electron chi connectivity index (χ0n) is 9.03. The minimum Gasteiger partial charge on any atom is -0.399 e. The van der Waals surface area contributed by atoms with E-state index in [1.807, 2.05) is 29.8 Å². The van der Waals surface area contributed by atoms with Crippen molar-refractivity contribution >= 4 is 16.6 Å². The van der Waals surface area contributed by atoms with Gasteiger partial charge >= 0.3 is 0 Å². The van der Waals surface area contributed by atoms with Gasteiger partial charge in [0.2, 0.25) is 0 Å². The van der Waals surface area contributed by atoms with Crippen LogP contribution in [0, 0.1) is 6.92 Å². The summed E-state index contributed by atoms with van der Waals surface area (Å²) in [6.45, 7) is 3.43. The van der Waals surface area contributed by atoms with Crippen molar-refractivity contribution in [2.24, 2.45) is 0 Å². The topological polar surface area (TPSA) is 53.1 Å². The highest BCUT2D eigenvalue weighted by Crippen LogP contribution is 2.20. The third-order valence-corrected chi connectivity index (χ3v) is 2.47. The molecule has 0 aliphatic rings. The van der Waals surface area contributed by atoms with Crippen molar-refractivity contribution in [3.05, 3.63) is 23.9 Å². The number of ether oxygens (including phenoxy) is 1. The first-order chi connectivity index (χ1) is 7.22. The number of rotatable bonds is 3. The summed E-state index contributed by atoms with van der Waals surface area (Å²) in [5.74, 6) is 0. The number of nitrogens with zero attached hydrogens (tertiary/aromatic N) is 2. The largest absolute Gasteiger partial charge is 0.399 e. The summed E-state index contributed by atoms with van der Waals surface area (Å²) in [7, 11) is 1.69. The van der Waals surface area contributed by atoms with Crippen LogP contribution in [0.15, 0.2) is 18.2 Å². The summed E-state index contributed by atoms with van der Waals surface area (Å²) >= 11 is 0. The van der Waals surface area contributed by atoms with E-state index in [0.717, 1.165) is 28.8 Å². The zero-order chi connectivity index (χ0) is 10.8. The molecule has 0 saturated heterocycles. The van der Waals surface area contributed by atoms with Crippen molar-refractivity contribution in [1.29, 1.82) is 0 Å². The van der Waals surface area contributed by atoms with Gasteiger partial charge < -0.3 is 10.5 Å². The Bertz CT molecular complexity index is 476. The molecule has 1 aromatic carbocycles. The normalized spacial score (nSPS) is 11.1. The molecule has 0 amide bonds. The first kappa shape index (κ1) is 9.98. The van der Waals surface area contributed by atoms with Crippen molar-refractivity contribution in [3.8, 4) is 0 Å². The lowest BCUT2D eigenvalue weighted by molar-refractivity contribution is 0.185. The maximum atomic E-state index is 5.74. The summed E-state index contributed by atoms with van der Waals surface area (Å²) in [4.78, 5) is 0. The smallest absolute Gasteiger partial charge is 0.0687 e. The SMILES string of the molecule is COCCn1nc(C)c2cc(N)ccc21. The molecule has 0 aliphatic carbocycles. The average molecular weight is 205 g/mol. The predicted molar refractivity (Wildman–Crippen MR) is 60.8 cm³/mol. The van der Waals surface area contributed by atoms with Crippen LogP contribution in [-0.4, -0.2) is 23.5 Å².